The van der Waals surface area contributed by atoms with Crippen molar-refractivity contribution in [3.8, 4) is 5.69 Å². The van der Waals surface area contributed by atoms with Crippen LogP contribution in [0.25, 0.3) is 16.7 Å². The maximum Gasteiger partial charge on any atom is 0.331 e. The summed E-state index contributed by atoms with van der Waals surface area (Å²) in [5.74, 6) is 0. The van der Waals surface area contributed by atoms with Gasteiger partial charge in [0, 0.05) is 0 Å². The highest BCUT2D eigenvalue weighted by molar-refractivity contribution is 5.77. The van der Waals surface area contributed by atoms with E-state index in [4.69, 9.17) is 0 Å². The van der Waals surface area contributed by atoms with Crippen molar-refractivity contribution in [1.82, 2.24) is 9.55 Å². The molecule has 0 aliphatic carbocycles. The molecule has 0 aliphatic rings. The van der Waals surface area contributed by atoms with E-state index < -0.39 is 0 Å². The van der Waals surface area contributed by atoms with Crippen LogP contribution in [0, 0.1) is 13.8 Å². The first kappa shape index (κ1) is 10.8. The molecule has 0 amide bonds. The molecule has 1 N–H and O–H groups in total. The fourth-order valence-electron chi connectivity index (χ4n) is 2.39. The van der Waals surface area contributed by atoms with E-state index in [-0.39, 0.29) is 5.69 Å². The summed E-state index contributed by atoms with van der Waals surface area (Å²) in [7, 11) is 0. The van der Waals surface area contributed by atoms with E-state index in [2.05, 4.69) is 11.1 Å². The smallest absolute Gasteiger partial charge is 0.305 e. The van der Waals surface area contributed by atoms with Gasteiger partial charge in [0.2, 0.25) is 0 Å². The number of rotatable bonds is 1. The van der Waals surface area contributed by atoms with E-state index in [0.717, 1.165) is 27.8 Å². The molecule has 0 saturated carbocycles. The van der Waals surface area contributed by atoms with Crippen LogP contribution in [0.4, 0.5) is 0 Å². The number of aryl methyl sites for hydroxylation is 2. The maximum atomic E-state index is 12.1. The van der Waals surface area contributed by atoms with Gasteiger partial charge in [-0.15, -0.1) is 0 Å². The quantitative estimate of drug-likeness (QED) is 0.695. The molecule has 3 heteroatoms. The van der Waals surface area contributed by atoms with E-state index in [1.54, 1.807) is 4.57 Å². The van der Waals surface area contributed by atoms with Gasteiger partial charge < -0.3 is 4.98 Å². The largest absolute Gasteiger partial charge is 0.331 e. The van der Waals surface area contributed by atoms with Gasteiger partial charge in [-0.25, -0.2) is 4.79 Å². The minimum atomic E-state index is -0.0961. The van der Waals surface area contributed by atoms with E-state index in [1.807, 2.05) is 50.2 Å². The number of hydrogen-bond donors (Lipinski definition) is 1. The fourth-order valence-corrected chi connectivity index (χ4v) is 2.39. The summed E-state index contributed by atoms with van der Waals surface area (Å²) in [4.78, 5) is 14.9. The molecule has 3 aromatic rings. The number of para-hydroxylation sites is 2. The lowest BCUT2D eigenvalue weighted by atomic mass is 10.1. The Hall–Kier alpha value is -2.29. The van der Waals surface area contributed by atoms with Gasteiger partial charge in [-0.3, -0.25) is 4.57 Å². The lowest BCUT2D eigenvalue weighted by Crippen LogP contribution is -2.14. The van der Waals surface area contributed by atoms with Crippen molar-refractivity contribution in [3.05, 3.63) is 64.1 Å². The Morgan fingerprint density at radius 3 is 2.39 bits per heavy atom. The van der Waals surface area contributed by atoms with Crippen LogP contribution in [0.5, 0.6) is 0 Å². The Balaban J connectivity index is 2.37. The molecule has 90 valence electrons. The van der Waals surface area contributed by atoms with Crippen molar-refractivity contribution in [2.24, 2.45) is 0 Å². The lowest BCUT2D eigenvalue weighted by molar-refractivity contribution is 1.01. The zero-order chi connectivity index (χ0) is 12.7. The second-order valence-electron chi connectivity index (χ2n) is 4.63. The van der Waals surface area contributed by atoms with Crippen molar-refractivity contribution in [2.45, 2.75) is 13.8 Å². The first-order chi connectivity index (χ1) is 8.65. The van der Waals surface area contributed by atoms with E-state index in [0.29, 0.717) is 0 Å². The molecule has 0 spiro atoms. The standard InChI is InChI=1S/C15H14N2O/c1-10-7-11(2)9-12(8-10)17-14-6-4-3-5-13(14)16-15(17)18/h3-9H,1-2H3,(H,16,18). The normalized spacial score (nSPS) is 11.0. The highest BCUT2D eigenvalue weighted by Gasteiger charge is 2.08. The Labute approximate surface area is 105 Å². The molecule has 0 bridgehead atoms. The maximum absolute atomic E-state index is 12.1. The van der Waals surface area contributed by atoms with Gasteiger partial charge in [0.15, 0.2) is 0 Å². The molecule has 0 unspecified atom stereocenters. The number of fused-ring (bicyclic) bond motifs is 1. The summed E-state index contributed by atoms with van der Waals surface area (Å²) in [6, 6.07) is 13.9. The molecule has 2 aromatic carbocycles. The summed E-state index contributed by atoms with van der Waals surface area (Å²) in [5.41, 5.74) is 4.90. The molecular weight excluding hydrogens is 224 g/mol. The number of imidazole rings is 1. The SMILES string of the molecule is Cc1cc(C)cc(-n2c(=O)[nH]c3ccccc32)c1. The molecule has 0 aliphatic heterocycles. The first-order valence-corrected chi connectivity index (χ1v) is 5.93. The van der Waals surface area contributed by atoms with Gasteiger partial charge in [-0.05, 0) is 49.2 Å². The van der Waals surface area contributed by atoms with Crippen molar-refractivity contribution < 1.29 is 0 Å². The molecule has 3 nitrogen and oxygen atoms in total. The fraction of sp³-hybridized carbons (Fsp3) is 0.133. The molecular formula is C15H14N2O. The van der Waals surface area contributed by atoms with Gasteiger partial charge in [-0.1, -0.05) is 18.2 Å². The van der Waals surface area contributed by atoms with Gasteiger partial charge >= 0.3 is 5.69 Å². The van der Waals surface area contributed by atoms with Gasteiger partial charge in [-0.2, -0.15) is 0 Å². The van der Waals surface area contributed by atoms with Gasteiger partial charge in [0.1, 0.15) is 0 Å². The minimum absolute atomic E-state index is 0.0961. The summed E-state index contributed by atoms with van der Waals surface area (Å²) in [6.45, 7) is 4.08. The third-order valence-electron chi connectivity index (χ3n) is 3.05. The first-order valence-electron chi connectivity index (χ1n) is 5.93. The van der Waals surface area contributed by atoms with E-state index >= 15 is 0 Å². The molecule has 1 aromatic heterocycles. The number of aromatic amines is 1. The lowest BCUT2D eigenvalue weighted by Gasteiger charge is -2.06. The molecule has 1 heterocycles. The van der Waals surface area contributed by atoms with E-state index in [1.165, 1.54) is 0 Å². The highest BCUT2D eigenvalue weighted by Crippen LogP contribution is 2.17. The van der Waals surface area contributed by atoms with Crippen LogP contribution in [0.3, 0.4) is 0 Å². The van der Waals surface area contributed by atoms with Crippen molar-refractivity contribution in [1.29, 1.82) is 0 Å². The number of H-pyrrole nitrogens is 1. The molecule has 0 saturated heterocycles. The number of aromatic nitrogens is 2. The summed E-state index contributed by atoms with van der Waals surface area (Å²) >= 11 is 0. The Morgan fingerprint density at radius 2 is 1.67 bits per heavy atom. The molecule has 0 radical (unpaired) electrons. The van der Waals surface area contributed by atoms with Crippen LogP contribution >= 0.6 is 0 Å². The van der Waals surface area contributed by atoms with Crippen molar-refractivity contribution >= 4 is 11.0 Å². The van der Waals surface area contributed by atoms with Crippen LogP contribution in [0.1, 0.15) is 11.1 Å². The number of hydrogen-bond acceptors (Lipinski definition) is 1. The molecule has 3 rings (SSSR count). The molecule has 18 heavy (non-hydrogen) atoms. The monoisotopic (exact) mass is 238 g/mol. The van der Waals surface area contributed by atoms with Crippen LogP contribution in [0.15, 0.2) is 47.3 Å². The predicted octanol–water partition coefficient (Wildman–Crippen LogP) is 2.94. The predicted molar refractivity (Wildman–Crippen MR) is 73.4 cm³/mol. The Kier molecular flexibility index (Phi) is 2.33. The van der Waals surface area contributed by atoms with Crippen LogP contribution < -0.4 is 5.69 Å². The Morgan fingerprint density at radius 1 is 1.00 bits per heavy atom. The van der Waals surface area contributed by atoms with Crippen molar-refractivity contribution in [3.63, 3.8) is 0 Å². The molecule has 0 atom stereocenters. The van der Waals surface area contributed by atoms with E-state index in [9.17, 15) is 4.79 Å². The summed E-state index contributed by atoms with van der Waals surface area (Å²) < 4.78 is 1.72. The average molecular weight is 238 g/mol. The zero-order valence-corrected chi connectivity index (χ0v) is 10.4. The van der Waals surface area contributed by atoms with Crippen molar-refractivity contribution in [2.75, 3.05) is 0 Å². The zero-order valence-electron chi connectivity index (χ0n) is 10.4. The molecule has 0 fully saturated rings. The van der Waals surface area contributed by atoms with Crippen LogP contribution in [-0.4, -0.2) is 9.55 Å². The van der Waals surface area contributed by atoms with Crippen LogP contribution in [0.2, 0.25) is 0 Å². The Bertz CT molecular complexity index is 760. The second kappa shape index (κ2) is 3.88. The second-order valence-corrected chi connectivity index (χ2v) is 4.63. The third kappa shape index (κ3) is 1.64. The third-order valence-corrected chi connectivity index (χ3v) is 3.05. The number of nitrogens with one attached hydrogen (secondary N) is 1. The van der Waals surface area contributed by atoms with Gasteiger partial charge in [0.05, 0.1) is 16.7 Å². The average Bonchev–Trinajstić information content (AvgIpc) is 2.63. The summed E-state index contributed by atoms with van der Waals surface area (Å²) in [5, 5.41) is 0. The van der Waals surface area contributed by atoms with Gasteiger partial charge in [0.25, 0.3) is 0 Å². The topological polar surface area (TPSA) is 37.8 Å². The summed E-state index contributed by atoms with van der Waals surface area (Å²) in [6.07, 6.45) is 0. The number of benzene rings is 2. The van der Waals surface area contributed by atoms with Crippen LogP contribution in [-0.2, 0) is 0 Å². The number of nitrogens with zero attached hydrogens (tertiary/aromatic N) is 1. The minimum Gasteiger partial charge on any atom is -0.305 e. The highest BCUT2D eigenvalue weighted by atomic mass is 16.1.